The molecule has 4 heteroatoms. The highest BCUT2D eigenvalue weighted by Gasteiger charge is 2.29. The molecule has 0 bridgehead atoms. The van der Waals surface area contributed by atoms with Crippen LogP contribution in [0.15, 0.2) is 22.7 Å². The molecule has 0 saturated carbocycles. The van der Waals surface area contributed by atoms with Crippen molar-refractivity contribution in [3.8, 4) is 0 Å². The molecule has 0 unspecified atom stereocenters. The van der Waals surface area contributed by atoms with Crippen LogP contribution in [-0.4, -0.2) is 11.2 Å². The topological polar surface area (TPSA) is 46.2 Å². The second kappa shape index (κ2) is 5.05. The molecular weight excluding hydrogens is 289 g/mol. The lowest BCUT2D eigenvalue weighted by atomic mass is 9.82. The smallest absolute Gasteiger partial charge is 0.0780 e. The first-order chi connectivity index (χ1) is 7.23. The van der Waals surface area contributed by atoms with Gasteiger partial charge in [0.25, 0.3) is 0 Å². The Morgan fingerprint density at radius 1 is 1.38 bits per heavy atom. The van der Waals surface area contributed by atoms with Crippen molar-refractivity contribution in [3.05, 3.63) is 33.3 Å². The van der Waals surface area contributed by atoms with Crippen LogP contribution < -0.4 is 5.73 Å². The molecule has 1 aromatic rings. The average Bonchev–Trinajstić information content (AvgIpc) is 2.18. The van der Waals surface area contributed by atoms with Crippen molar-refractivity contribution in [1.29, 1.82) is 0 Å². The molecule has 0 spiro atoms. The number of hydrogen-bond donors (Lipinski definition) is 2. The zero-order valence-corrected chi connectivity index (χ0v) is 12.0. The van der Waals surface area contributed by atoms with E-state index in [4.69, 9.17) is 17.3 Å². The van der Waals surface area contributed by atoms with Gasteiger partial charge in [0.1, 0.15) is 0 Å². The summed E-state index contributed by atoms with van der Waals surface area (Å²) in [4.78, 5) is 0. The molecule has 2 atom stereocenters. The maximum Gasteiger partial charge on any atom is 0.0780 e. The minimum atomic E-state index is -0.597. The lowest BCUT2D eigenvalue weighted by molar-refractivity contribution is 0.0401. The van der Waals surface area contributed by atoms with E-state index in [2.05, 4.69) is 15.9 Å². The Balaban J connectivity index is 2.97. The van der Waals surface area contributed by atoms with Gasteiger partial charge in [-0.05, 0) is 39.0 Å². The first-order valence-corrected chi connectivity index (χ1v) is 6.29. The highest BCUT2D eigenvalue weighted by Crippen LogP contribution is 2.31. The summed E-state index contributed by atoms with van der Waals surface area (Å²) < 4.78 is 0.795. The largest absolute Gasteiger partial charge is 0.391 e. The van der Waals surface area contributed by atoms with Gasteiger partial charge in [0.15, 0.2) is 0 Å². The quantitative estimate of drug-likeness (QED) is 0.878. The van der Waals surface area contributed by atoms with Gasteiger partial charge in [-0.2, -0.15) is 0 Å². The summed E-state index contributed by atoms with van der Waals surface area (Å²) in [7, 11) is 0. The number of halogens is 2. The van der Waals surface area contributed by atoms with Gasteiger partial charge < -0.3 is 10.8 Å². The minimum absolute atomic E-state index is 0.245. The van der Waals surface area contributed by atoms with Crippen LogP contribution in [0.25, 0.3) is 0 Å². The molecule has 90 valence electrons. The predicted octanol–water partition coefficient (Wildman–Crippen LogP) is 3.51. The second-order valence-corrected chi connectivity index (χ2v) is 6.27. The van der Waals surface area contributed by atoms with E-state index >= 15 is 0 Å². The Kier molecular flexibility index (Phi) is 4.41. The van der Waals surface area contributed by atoms with Crippen LogP contribution in [0.2, 0.25) is 5.02 Å². The molecular formula is C12H17BrClNO. The zero-order valence-electron chi connectivity index (χ0n) is 9.67. The molecule has 0 aliphatic rings. The van der Waals surface area contributed by atoms with Crippen molar-refractivity contribution in [2.45, 2.75) is 32.9 Å². The molecule has 0 aromatic heterocycles. The summed E-state index contributed by atoms with van der Waals surface area (Å²) in [5.74, 6) is 0. The molecule has 0 aliphatic carbocycles. The SMILES string of the molecule is CC(C)(C)[C@@H](O)[C@@H](N)c1ccc(Cl)c(Br)c1. The maximum absolute atomic E-state index is 10.1. The first kappa shape index (κ1) is 14.0. The Hall–Kier alpha value is -0.0900. The predicted molar refractivity (Wildman–Crippen MR) is 71.5 cm³/mol. The van der Waals surface area contributed by atoms with Gasteiger partial charge in [0.2, 0.25) is 0 Å². The van der Waals surface area contributed by atoms with E-state index in [0.29, 0.717) is 5.02 Å². The molecule has 3 N–H and O–H groups in total. The van der Waals surface area contributed by atoms with E-state index in [1.165, 1.54) is 0 Å². The fraction of sp³-hybridized carbons (Fsp3) is 0.500. The monoisotopic (exact) mass is 305 g/mol. The third-order valence-electron chi connectivity index (χ3n) is 2.56. The van der Waals surface area contributed by atoms with E-state index in [9.17, 15) is 5.11 Å². The summed E-state index contributed by atoms with van der Waals surface area (Å²) in [6, 6.07) is 5.05. The number of nitrogens with two attached hydrogens (primary N) is 1. The molecule has 0 radical (unpaired) electrons. The van der Waals surface area contributed by atoms with Crippen molar-refractivity contribution < 1.29 is 5.11 Å². The first-order valence-electron chi connectivity index (χ1n) is 5.12. The molecule has 16 heavy (non-hydrogen) atoms. The third-order valence-corrected chi connectivity index (χ3v) is 3.77. The van der Waals surface area contributed by atoms with Gasteiger partial charge in [0, 0.05) is 4.47 Å². The van der Waals surface area contributed by atoms with E-state index < -0.39 is 12.1 Å². The minimum Gasteiger partial charge on any atom is -0.391 e. The molecule has 0 saturated heterocycles. The van der Waals surface area contributed by atoms with E-state index in [-0.39, 0.29) is 5.41 Å². The van der Waals surface area contributed by atoms with Crippen LogP contribution in [0.1, 0.15) is 32.4 Å². The Labute approximate surface area is 110 Å². The molecule has 0 fully saturated rings. The second-order valence-electron chi connectivity index (χ2n) is 5.01. The van der Waals surface area contributed by atoms with Crippen molar-refractivity contribution >= 4 is 27.5 Å². The van der Waals surface area contributed by atoms with Gasteiger partial charge in [-0.3, -0.25) is 0 Å². The van der Waals surface area contributed by atoms with Crippen molar-refractivity contribution in [1.82, 2.24) is 0 Å². The molecule has 0 aliphatic heterocycles. The molecule has 1 rings (SSSR count). The average molecular weight is 307 g/mol. The number of rotatable bonds is 2. The third kappa shape index (κ3) is 3.20. The summed E-state index contributed by atoms with van der Waals surface area (Å²) in [6.45, 7) is 5.88. The standard InChI is InChI=1S/C12H17BrClNO/c1-12(2,3)11(16)10(15)7-4-5-9(14)8(13)6-7/h4-6,10-11,16H,15H2,1-3H3/t10-,11-/m0/s1. The lowest BCUT2D eigenvalue weighted by Crippen LogP contribution is -2.36. The van der Waals surface area contributed by atoms with Crippen molar-refractivity contribution in [2.24, 2.45) is 11.1 Å². The normalized spacial score (nSPS) is 15.9. The van der Waals surface area contributed by atoms with Crippen molar-refractivity contribution in [2.75, 3.05) is 0 Å². The Bertz CT molecular complexity index is 376. The van der Waals surface area contributed by atoms with Gasteiger partial charge in [0.05, 0.1) is 17.2 Å². The number of aliphatic hydroxyl groups is 1. The van der Waals surface area contributed by atoms with Crippen LogP contribution in [-0.2, 0) is 0 Å². The van der Waals surface area contributed by atoms with E-state index in [0.717, 1.165) is 10.0 Å². The highest BCUT2D eigenvalue weighted by molar-refractivity contribution is 9.10. The van der Waals surface area contributed by atoms with Gasteiger partial charge in [-0.1, -0.05) is 38.4 Å². The lowest BCUT2D eigenvalue weighted by Gasteiger charge is -2.31. The maximum atomic E-state index is 10.1. The molecule has 2 nitrogen and oxygen atoms in total. The molecule has 1 aromatic carbocycles. The van der Waals surface area contributed by atoms with Crippen LogP contribution in [0.5, 0.6) is 0 Å². The van der Waals surface area contributed by atoms with Gasteiger partial charge in [-0.25, -0.2) is 0 Å². The fourth-order valence-electron chi connectivity index (χ4n) is 1.44. The summed E-state index contributed by atoms with van der Waals surface area (Å²) >= 11 is 9.25. The molecule has 0 amide bonds. The van der Waals surface area contributed by atoms with Crippen molar-refractivity contribution in [3.63, 3.8) is 0 Å². The Morgan fingerprint density at radius 2 is 1.94 bits per heavy atom. The zero-order chi connectivity index (χ0) is 12.5. The number of benzene rings is 1. The van der Waals surface area contributed by atoms with Gasteiger partial charge in [-0.15, -0.1) is 0 Å². The molecule has 0 heterocycles. The summed E-state index contributed by atoms with van der Waals surface area (Å²) in [5.41, 5.74) is 6.66. The highest BCUT2D eigenvalue weighted by atomic mass is 79.9. The number of hydrogen-bond acceptors (Lipinski definition) is 2. The van der Waals surface area contributed by atoms with Crippen LogP contribution in [0, 0.1) is 5.41 Å². The van der Waals surface area contributed by atoms with Crippen LogP contribution in [0.3, 0.4) is 0 Å². The van der Waals surface area contributed by atoms with Gasteiger partial charge >= 0.3 is 0 Å². The van der Waals surface area contributed by atoms with Crippen LogP contribution in [0.4, 0.5) is 0 Å². The summed E-state index contributed by atoms with van der Waals surface area (Å²) in [5, 5.41) is 10.7. The fourth-order valence-corrected chi connectivity index (χ4v) is 1.95. The summed E-state index contributed by atoms with van der Waals surface area (Å²) in [6.07, 6.45) is -0.597. The van der Waals surface area contributed by atoms with E-state index in [1.807, 2.05) is 32.9 Å². The number of aliphatic hydroxyl groups excluding tert-OH is 1. The van der Waals surface area contributed by atoms with Crippen LogP contribution >= 0.6 is 27.5 Å². The Morgan fingerprint density at radius 3 is 2.38 bits per heavy atom. The van der Waals surface area contributed by atoms with E-state index in [1.54, 1.807) is 6.07 Å².